The van der Waals surface area contributed by atoms with Gasteiger partial charge in [0.05, 0.1) is 7.11 Å². The van der Waals surface area contributed by atoms with E-state index in [4.69, 9.17) is 9.84 Å². The van der Waals surface area contributed by atoms with Crippen molar-refractivity contribution in [3.63, 3.8) is 0 Å². The molecule has 0 fully saturated rings. The number of aromatic nitrogens is 2. The van der Waals surface area contributed by atoms with Gasteiger partial charge in [-0.2, -0.15) is 0 Å². The monoisotopic (exact) mass is 253 g/mol. The molecule has 0 aliphatic carbocycles. The van der Waals surface area contributed by atoms with Crippen molar-refractivity contribution in [1.82, 2.24) is 15.5 Å². The van der Waals surface area contributed by atoms with Crippen LogP contribution in [0.25, 0.3) is 0 Å². The summed E-state index contributed by atoms with van der Waals surface area (Å²) in [5, 5.41) is 18.7. The topological polar surface area (TPSA) is 101 Å². The predicted octanol–water partition coefficient (Wildman–Crippen LogP) is 0.468. The van der Waals surface area contributed by atoms with Crippen molar-refractivity contribution >= 4 is 11.9 Å². The fraction of sp³-hybridized carbons (Fsp3) is 0.455. The summed E-state index contributed by atoms with van der Waals surface area (Å²) >= 11 is 0. The number of hydrogen-bond donors (Lipinski definition) is 2. The minimum absolute atomic E-state index is 0.0386. The van der Waals surface area contributed by atoms with Crippen molar-refractivity contribution in [2.24, 2.45) is 0 Å². The highest BCUT2D eigenvalue weighted by molar-refractivity contribution is 5.96. The van der Waals surface area contributed by atoms with Gasteiger partial charge >= 0.3 is 5.97 Å². The van der Waals surface area contributed by atoms with Crippen LogP contribution in [0.1, 0.15) is 30.8 Å². The third-order valence-electron chi connectivity index (χ3n) is 2.65. The fourth-order valence-corrected chi connectivity index (χ4v) is 1.16. The van der Waals surface area contributed by atoms with Gasteiger partial charge in [0.2, 0.25) is 5.88 Å². The third-order valence-corrected chi connectivity index (χ3v) is 2.65. The molecule has 1 aromatic rings. The number of carbonyl (C=O) groups is 2. The molecule has 0 saturated heterocycles. The normalized spacial score (nSPS) is 13.5. The number of nitrogens with zero attached hydrogens (tertiary/aromatic N) is 2. The number of nitrogens with one attached hydrogen (secondary N) is 1. The van der Waals surface area contributed by atoms with Crippen LogP contribution < -0.4 is 10.1 Å². The first-order valence-electron chi connectivity index (χ1n) is 5.36. The van der Waals surface area contributed by atoms with Crippen LogP contribution in [-0.2, 0) is 4.79 Å². The summed E-state index contributed by atoms with van der Waals surface area (Å²) < 4.78 is 4.81. The first-order valence-corrected chi connectivity index (χ1v) is 5.36. The highest BCUT2D eigenvalue weighted by Crippen LogP contribution is 2.11. The molecular formula is C11H15N3O4. The summed E-state index contributed by atoms with van der Waals surface area (Å²) in [6.07, 6.45) is 0.262. The maximum Gasteiger partial charge on any atom is 0.329 e. The molecule has 1 atom stereocenters. The summed E-state index contributed by atoms with van der Waals surface area (Å²) in [4.78, 5) is 22.9. The average Bonchev–Trinajstić information content (AvgIpc) is 2.38. The highest BCUT2D eigenvalue weighted by atomic mass is 16.5. The van der Waals surface area contributed by atoms with Gasteiger partial charge in [0.1, 0.15) is 5.54 Å². The summed E-state index contributed by atoms with van der Waals surface area (Å²) in [7, 11) is 1.43. The zero-order chi connectivity index (χ0) is 13.8. The number of carboxylic acid groups (broad SMARTS) is 1. The van der Waals surface area contributed by atoms with Crippen LogP contribution in [-0.4, -0.2) is 39.8 Å². The number of hydrogen-bond acceptors (Lipinski definition) is 5. The Bertz CT molecular complexity index is 446. The molecule has 0 saturated carbocycles. The molecule has 1 heterocycles. The van der Waals surface area contributed by atoms with Crippen LogP contribution in [0.3, 0.4) is 0 Å². The van der Waals surface area contributed by atoms with Crippen molar-refractivity contribution < 1.29 is 19.4 Å². The molecular weight excluding hydrogens is 238 g/mol. The second-order valence-electron chi connectivity index (χ2n) is 3.91. The molecule has 7 nitrogen and oxygen atoms in total. The minimum atomic E-state index is -1.32. The van der Waals surface area contributed by atoms with E-state index in [1.807, 2.05) is 0 Å². The first-order chi connectivity index (χ1) is 8.42. The zero-order valence-corrected chi connectivity index (χ0v) is 10.4. The molecule has 2 N–H and O–H groups in total. The summed E-state index contributed by atoms with van der Waals surface area (Å²) in [5.41, 5.74) is -1.28. The molecule has 0 spiro atoms. The molecule has 0 bridgehead atoms. The lowest BCUT2D eigenvalue weighted by Crippen LogP contribution is -2.51. The molecule has 0 aromatic carbocycles. The van der Waals surface area contributed by atoms with Crippen LogP contribution >= 0.6 is 0 Å². The average molecular weight is 253 g/mol. The number of aliphatic carboxylic acids is 1. The molecule has 0 aliphatic heterocycles. The van der Waals surface area contributed by atoms with E-state index < -0.39 is 17.4 Å². The van der Waals surface area contributed by atoms with E-state index in [0.717, 1.165) is 0 Å². The Balaban J connectivity index is 2.84. The van der Waals surface area contributed by atoms with Crippen LogP contribution in [0.4, 0.5) is 0 Å². The fourth-order valence-electron chi connectivity index (χ4n) is 1.16. The predicted molar refractivity (Wildman–Crippen MR) is 62.4 cm³/mol. The van der Waals surface area contributed by atoms with Gasteiger partial charge in [0.25, 0.3) is 5.91 Å². The number of rotatable bonds is 5. The van der Waals surface area contributed by atoms with Crippen molar-refractivity contribution in [3.05, 3.63) is 17.8 Å². The van der Waals surface area contributed by atoms with Gasteiger partial charge in [-0.3, -0.25) is 4.79 Å². The lowest BCUT2D eigenvalue weighted by Gasteiger charge is -2.24. The molecule has 1 amide bonds. The first kappa shape index (κ1) is 13.9. The van der Waals surface area contributed by atoms with E-state index in [1.54, 1.807) is 6.92 Å². The van der Waals surface area contributed by atoms with Gasteiger partial charge in [0, 0.05) is 6.07 Å². The molecule has 1 unspecified atom stereocenters. The second kappa shape index (κ2) is 5.44. The van der Waals surface area contributed by atoms with Crippen molar-refractivity contribution in [3.8, 4) is 5.88 Å². The van der Waals surface area contributed by atoms with Crippen molar-refractivity contribution in [2.45, 2.75) is 25.8 Å². The second-order valence-corrected chi connectivity index (χ2v) is 3.91. The van der Waals surface area contributed by atoms with Crippen molar-refractivity contribution in [1.29, 1.82) is 0 Å². The lowest BCUT2D eigenvalue weighted by molar-refractivity contribution is -0.143. The van der Waals surface area contributed by atoms with E-state index in [0.29, 0.717) is 0 Å². The number of methoxy groups -OCH3 is 1. The van der Waals surface area contributed by atoms with Crippen LogP contribution in [0.15, 0.2) is 12.1 Å². The summed E-state index contributed by atoms with van der Waals surface area (Å²) in [5.74, 6) is -1.40. The zero-order valence-electron chi connectivity index (χ0n) is 10.4. The van der Waals surface area contributed by atoms with E-state index in [-0.39, 0.29) is 18.0 Å². The smallest absolute Gasteiger partial charge is 0.329 e. The highest BCUT2D eigenvalue weighted by Gasteiger charge is 2.33. The SMILES string of the molecule is CCC(C)(NC(=O)c1ccc(OC)nn1)C(=O)O. The maximum absolute atomic E-state index is 11.8. The number of carbonyl (C=O) groups excluding carboxylic acids is 1. The van der Waals surface area contributed by atoms with Crippen LogP contribution in [0.5, 0.6) is 5.88 Å². The Morgan fingerprint density at radius 2 is 2.11 bits per heavy atom. The Labute approximate surface area is 104 Å². The van der Waals surface area contributed by atoms with Gasteiger partial charge < -0.3 is 15.2 Å². The number of amides is 1. The molecule has 1 rings (SSSR count). The molecule has 98 valence electrons. The minimum Gasteiger partial charge on any atom is -0.480 e. The van der Waals surface area contributed by atoms with Gasteiger partial charge in [0.15, 0.2) is 5.69 Å². The Morgan fingerprint density at radius 3 is 2.50 bits per heavy atom. The lowest BCUT2D eigenvalue weighted by atomic mass is 9.99. The van der Waals surface area contributed by atoms with Crippen LogP contribution in [0, 0.1) is 0 Å². The molecule has 0 radical (unpaired) electrons. The number of ether oxygens (including phenoxy) is 1. The quantitative estimate of drug-likeness (QED) is 0.790. The summed E-state index contributed by atoms with van der Waals surface area (Å²) in [6.45, 7) is 3.11. The Kier molecular flexibility index (Phi) is 4.19. The van der Waals surface area contributed by atoms with E-state index >= 15 is 0 Å². The van der Waals surface area contributed by atoms with Crippen LogP contribution in [0.2, 0.25) is 0 Å². The van der Waals surface area contributed by atoms with Gasteiger partial charge in [-0.05, 0) is 19.4 Å². The third kappa shape index (κ3) is 2.93. The Hall–Kier alpha value is -2.18. The van der Waals surface area contributed by atoms with Gasteiger partial charge in [-0.1, -0.05) is 6.92 Å². The van der Waals surface area contributed by atoms with Gasteiger partial charge in [-0.15, -0.1) is 10.2 Å². The van der Waals surface area contributed by atoms with Gasteiger partial charge in [-0.25, -0.2) is 4.79 Å². The maximum atomic E-state index is 11.8. The molecule has 7 heteroatoms. The van der Waals surface area contributed by atoms with E-state index in [9.17, 15) is 9.59 Å². The molecule has 1 aromatic heterocycles. The van der Waals surface area contributed by atoms with E-state index in [2.05, 4.69) is 15.5 Å². The summed E-state index contributed by atoms with van der Waals surface area (Å²) in [6, 6.07) is 2.89. The Morgan fingerprint density at radius 1 is 1.44 bits per heavy atom. The standard InChI is InChI=1S/C11H15N3O4/c1-4-11(2,10(16)17)12-9(15)7-5-6-8(18-3)14-13-7/h5-6H,4H2,1-3H3,(H,12,15)(H,16,17). The van der Waals surface area contributed by atoms with E-state index in [1.165, 1.54) is 26.2 Å². The van der Waals surface area contributed by atoms with Crippen molar-refractivity contribution in [2.75, 3.05) is 7.11 Å². The number of carboxylic acids is 1. The molecule has 18 heavy (non-hydrogen) atoms. The largest absolute Gasteiger partial charge is 0.480 e. The molecule has 0 aliphatic rings.